The molecular weight excluding hydrogens is 431 g/mol. The number of rotatable bonds is 5. The Balaban J connectivity index is 1.64. The Labute approximate surface area is 169 Å². The smallest absolute Gasteiger partial charge is 0.263 e. The minimum absolute atomic E-state index is 0.0163. The first-order valence-electron chi connectivity index (χ1n) is 7.39. The van der Waals surface area contributed by atoms with E-state index < -0.39 is 15.8 Å². The van der Waals surface area contributed by atoms with Gasteiger partial charge in [0, 0.05) is 23.0 Å². The SMILES string of the molecule is O=S(=O)(Nc1nccs1)c1ccc(NC(=S)Nc2ccc(Cl)c(F)c2)cc1. The Hall–Kier alpha value is -2.27. The molecule has 2 aromatic carbocycles. The van der Waals surface area contributed by atoms with Crippen molar-refractivity contribution in [3.8, 4) is 0 Å². The molecule has 1 heterocycles. The summed E-state index contributed by atoms with van der Waals surface area (Å²) in [7, 11) is -3.72. The zero-order valence-electron chi connectivity index (χ0n) is 13.4. The highest BCUT2D eigenvalue weighted by Gasteiger charge is 2.15. The highest BCUT2D eigenvalue weighted by atomic mass is 35.5. The predicted molar refractivity (Wildman–Crippen MR) is 111 cm³/mol. The van der Waals surface area contributed by atoms with Gasteiger partial charge in [0.25, 0.3) is 10.0 Å². The summed E-state index contributed by atoms with van der Waals surface area (Å²) in [5.74, 6) is -0.563. The average Bonchev–Trinajstić information content (AvgIpc) is 3.11. The first kappa shape index (κ1) is 19.5. The van der Waals surface area contributed by atoms with Crippen molar-refractivity contribution in [3.05, 3.63) is 64.9 Å². The van der Waals surface area contributed by atoms with Crippen LogP contribution in [0.2, 0.25) is 5.02 Å². The second kappa shape index (κ2) is 8.17. The summed E-state index contributed by atoms with van der Waals surface area (Å²) >= 11 is 12.0. The second-order valence-corrected chi connectivity index (χ2v) is 8.57. The first-order chi connectivity index (χ1) is 12.8. The van der Waals surface area contributed by atoms with Crippen LogP contribution in [-0.4, -0.2) is 18.5 Å². The predicted octanol–water partition coefficient (Wildman–Crippen LogP) is 4.55. The van der Waals surface area contributed by atoms with Gasteiger partial charge < -0.3 is 10.6 Å². The van der Waals surface area contributed by atoms with Crippen LogP contribution < -0.4 is 15.4 Å². The number of hydrogen-bond donors (Lipinski definition) is 3. The Kier molecular flexibility index (Phi) is 5.90. The summed E-state index contributed by atoms with van der Waals surface area (Å²) in [5, 5.41) is 7.90. The van der Waals surface area contributed by atoms with Gasteiger partial charge >= 0.3 is 0 Å². The van der Waals surface area contributed by atoms with Gasteiger partial charge in [-0.2, -0.15) is 0 Å². The summed E-state index contributed by atoms with van der Waals surface area (Å²) < 4.78 is 40.4. The number of hydrogen-bond acceptors (Lipinski definition) is 5. The highest BCUT2D eigenvalue weighted by molar-refractivity contribution is 7.93. The van der Waals surface area contributed by atoms with E-state index in [0.29, 0.717) is 11.4 Å². The third kappa shape index (κ3) is 5.13. The molecule has 0 spiro atoms. The first-order valence-corrected chi connectivity index (χ1v) is 10.5. The molecule has 0 saturated carbocycles. The van der Waals surface area contributed by atoms with Crippen LogP contribution in [0, 0.1) is 5.82 Å². The Morgan fingerprint density at radius 2 is 1.78 bits per heavy atom. The van der Waals surface area contributed by atoms with Crippen molar-refractivity contribution in [2.45, 2.75) is 4.90 Å². The van der Waals surface area contributed by atoms with Gasteiger partial charge in [0.15, 0.2) is 10.2 Å². The average molecular weight is 443 g/mol. The van der Waals surface area contributed by atoms with Crippen molar-refractivity contribution < 1.29 is 12.8 Å². The van der Waals surface area contributed by atoms with Gasteiger partial charge in [-0.05, 0) is 54.7 Å². The Morgan fingerprint density at radius 1 is 1.11 bits per heavy atom. The molecule has 0 unspecified atom stereocenters. The molecular formula is C16H12ClFN4O2S3. The fourth-order valence-corrected chi connectivity index (χ4v) is 4.17. The maximum atomic E-state index is 13.4. The monoisotopic (exact) mass is 442 g/mol. The van der Waals surface area contributed by atoms with Crippen LogP contribution in [0.3, 0.4) is 0 Å². The summed E-state index contributed by atoms with van der Waals surface area (Å²) in [5.41, 5.74) is 0.997. The quantitative estimate of drug-likeness (QED) is 0.503. The molecule has 3 rings (SSSR count). The van der Waals surface area contributed by atoms with Crippen molar-refractivity contribution in [1.82, 2.24) is 4.98 Å². The third-order valence-corrected chi connectivity index (χ3v) is 5.94. The van der Waals surface area contributed by atoms with Crippen LogP contribution in [0.1, 0.15) is 0 Å². The van der Waals surface area contributed by atoms with Crippen LogP contribution in [0.15, 0.2) is 58.9 Å². The number of aromatic nitrogens is 1. The fourth-order valence-electron chi connectivity index (χ4n) is 2.03. The topological polar surface area (TPSA) is 83.1 Å². The van der Waals surface area contributed by atoms with E-state index in [1.807, 2.05) is 0 Å². The van der Waals surface area contributed by atoms with Crippen LogP contribution in [0.25, 0.3) is 0 Å². The number of sulfonamides is 1. The van der Waals surface area contributed by atoms with Gasteiger partial charge in [-0.15, -0.1) is 11.3 Å². The van der Waals surface area contributed by atoms with E-state index in [1.54, 1.807) is 23.6 Å². The van der Waals surface area contributed by atoms with Crippen LogP contribution in [0.4, 0.5) is 20.9 Å². The van der Waals surface area contributed by atoms with E-state index in [-0.39, 0.29) is 20.2 Å². The largest absolute Gasteiger partial charge is 0.332 e. The van der Waals surface area contributed by atoms with E-state index in [0.717, 1.165) is 0 Å². The van der Waals surface area contributed by atoms with Gasteiger partial charge in [0.1, 0.15) is 5.82 Å². The number of halogens is 2. The number of thiocarbonyl (C=S) groups is 1. The summed E-state index contributed by atoms with van der Waals surface area (Å²) in [6, 6.07) is 10.2. The molecule has 3 N–H and O–H groups in total. The van der Waals surface area contributed by atoms with Crippen molar-refractivity contribution in [2.24, 2.45) is 0 Å². The molecule has 6 nitrogen and oxygen atoms in total. The number of benzene rings is 2. The van der Waals surface area contributed by atoms with Gasteiger partial charge in [-0.25, -0.2) is 17.8 Å². The fraction of sp³-hybridized carbons (Fsp3) is 0. The molecule has 3 aromatic rings. The van der Waals surface area contributed by atoms with Crippen molar-refractivity contribution in [3.63, 3.8) is 0 Å². The lowest BCUT2D eigenvalue weighted by Crippen LogP contribution is -2.19. The van der Waals surface area contributed by atoms with Gasteiger partial charge in [-0.1, -0.05) is 11.6 Å². The minimum atomic E-state index is -3.72. The zero-order valence-corrected chi connectivity index (χ0v) is 16.6. The highest BCUT2D eigenvalue weighted by Crippen LogP contribution is 2.21. The molecule has 0 atom stereocenters. The molecule has 0 fully saturated rings. The number of thiazole rings is 1. The standard InChI is InChI=1S/C16H12ClFN4O2S3/c17-13-6-3-11(9-14(13)18)21-15(25)20-10-1-4-12(5-2-10)27(23,24)22-16-19-7-8-26-16/h1-9H,(H,19,22)(H2,20,21,25). The second-order valence-electron chi connectivity index (χ2n) is 5.18. The summed E-state index contributed by atoms with van der Waals surface area (Å²) in [6.45, 7) is 0. The van der Waals surface area contributed by atoms with E-state index >= 15 is 0 Å². The lowest BCUT2D eigenvalue weighted by Gasteiger charge is -2.11. The molecule has 140 valence electrons. The molecule has 0 saturated heterocycles. The van der Waals surface area contributed by atoms with E-state index in [9.17, 15) is 12.8 Å². The molecule has 0 amide bonds. The van der Waals surface area contributed by atoms with Crippen molar-refractivity contribution >= 4 is 66.8 Å². The molecule has 1 aromatic heterocycles. The number of nitrogens with one attached hydrogen (secondary N) is 3. The van der Waals surface area contributed by atoms with Crippen molar-refractivity contribution in [1.29, 1.82) is 0 Å². The molecule has 0 bridgehead atoms. The molecule has 27 heavy (non-hydrogen) atoms. The van der Waals surface area contributed by atoms with Gasteiger partial charge in [-0.3, -0.25) is 4.72 Å². The maximum absolute atomic E-state index is 13.4. The number of anilines is 3. The molecule has 0 aliphatic carbocycles. The molecule has 0 aliphatic rings. The lowest BCUT2D eigenvalue weighted by atomic mass is 10.3. The molecule has 11 heteroatoms. The molecule has 0 radical (unpaired) electrons. The zero-order chi connectivity index (χ0) is 19.4. The summed E-state index contributed by atoms with van der Waals surface area (Å²) in [6.07, 6.45) is 1.51. The van der Waals surface area contributed by atoms with E-state index in [2.05, 4.69) is 20.3 Å². The Bertz CT molecular complexity index is 1060. The van der Waals surface area contributed by atoms with Crippen LogP contribution in [-0.2, 0) is 10.0 Å². The third-order valence-electron chi connectivity index (χ3n) is 3.25. The number of nitrogens with zero attached hydrogens (tertiary/aromatic N) is 1. The van der Waals surface area contributed by atoms with Crippen LogP contribution in [0.5, 0.6) is 0 Å². The van der Waals surface area contributed by atoms with Crippen molar-refractivity contribution in [2.75, 3.05) is 15.4 Å². The summed E-state index contributed by atoms with van der Waals surface area (Å²) in [4.78, 5) is 3.98. The van der Waals surface area contributed by atoms with Gasteiger partial charge in [0.2, 0.25) is 0 Å². The minimum Gasteiger partial charge on any atom is -0.332 e. The normalized spacial score (nSPS) is 11.0. The van der Waals surface area contributed by atoms with E-state index in [4.69, 9.17) is 23.8 Å². The van der Waals surface area contributed by atoms with Crippen LogP contribution >= 0.6 is 35.2 Å². The maximum Gasteiger partial charge on any atom is 0.263 e. The van der Waals surface area contributed by atoms with Gasteiger partial charge in [0.05, 0.1) is 9.92 Å². The Morgan fingerprint density at radius 3 is 2.41 bits per heavy atom. The lowest BCUT2D eigenvalue weighted by molar-refractivity contribution is 0.601. The van der Waals surface area contributed by atoms with E-state index in [1.165, 1.54) is 41.8 Å². The molecule has 0 aliphatic heterocycles.